The minimum Gasteiger partial charge on any atom is -0.307 e. The smallest absolute Gasteiger partial charge is 0.0305 e. The summed E-state index contributed by atoms with van der Waals surface area (Å²) in [6, 6.07) is 3.64. The molecule has 0 radical (unpaired) electrons. The number of rotatable bonds is 4. The molecule has 1 heterocycles. The Labute approximate surface area is 96.9 Å². The lowest BCUT2D eigenvalue weighted by atomic mass is 10.1. The van der Waals surface area contributed by atoms with E-state index in [4.69, 9.17) is 0 Å². The highest BCUT2D eigenvalue weighted by molar-refractivity contribution is 7.12. The Kier molecular flexibility index (Phi) is 3.17. The molecule has 1 aromatic heterocycles. The Bertz CT molecular complexity index is 342. The molecule has 1 aliphatic carbocycles. The summed E-state index contributed by atoms with van der Waals surface area (Å²) in [5.41, 5.74) is 1.50. The molecule has 2 heteroatoms. The first-order chi connectivity index (χ1) is 7.11. The monoisotopic (exact) mass is 223 g/mol. The van der Waals surface area contributed by atoms with Crippen LogP contribution in [-0.4, -0.2) is 6.04 Å². The molecule has 1 saturated carbocycles. The first kappa shape index (κ1) is 11.2. The molecule has 1 aliphatic rings. The van der Waals surface area contributed by atoms with Crippen LogP contribution < -0.4 is 5.32 Å². The average molecular weight is 223 g/mol. The molecule has 0 bridgehead atoms. The number of thiophene rings is 1. The van der Waals surface area contributed by atoms with E-state index in [1.807, 2.05) is 11.3 Å². The summed E-state index contributed by atoms with van der Waals surface area (Å²) in [7, 11) is 0. The van der Waals surface area contributed by atoms with Crippen molar-refractivity contribution in [3.63, 3.8) is 0 Å². The van der Waals surface area contributed by atoms with Crippen LogP contribution in [0, 0.1) is 19.8 Å². The van der Waals surface area contributed by atoms with Gasteiger partial charge in [0.2, 0.25) is 0 Å². The van der Waals surface area contributed by atoms with E-state index >= 15 is 0 Å². The van der Waals surface area contributed by atoms with Crippen LogP contribution in [0.5, 0.6) is 0 Å². The minimum absolute atomic E-state index is 0.525. The minimum atomic E-state index is 0.525. The van der Waals surface area contributed by atoms with Crippen molar-refractivity contribution in [3.05, 3.63) is 21.4 Å². The number of hydrogen-bond donors (Lipinski definition) is 1. The lowest BCUT2D eigenvalue weighted by Crippen LogP contribution is -2.22. The van der Waals surface area contributed by atoms with E-state index in [-0.39, 0.29) is 0 Å². The van der Waals surface area contributed by atoms with Crippen molar-refractivity contribution in [1.29, 1.82) is 0 Å². The van der Waals surface area contributed by atoms with Gasteiger partial charge in [0.1, 0.15) is 0 Å². The van der Waals surface area contributed by atoms with Crippen molar-refractivity contribution in [2.24, 2.45) is 5.92 Å². The van der Waals surface area contributed by atoms with E-state index in [0.717, 1.165) is 12.0 Å². The van der Waals surface area contributed by atoms with Crippen LogP contribution >= 0.6 is 11.3 Å². The summed E-state index contributed by atoms with van der Waals surface area (Å²) in [5.74, 6) is 0.937. The van der Waals surface area contributed by atoms with Gasteiger partial charge in [-0.25, -0.2) is 0 Å². The summed E-state index contributed by atoms with van der Waals surface area (Å²) in [6.07, 6.45) is 2.70. The van der Waals surface area contributed by atoms with Gasteiger partial charge in [0, 0.05) is 21.8 Å². The zero-order valence-electron chi connectivity index (χ0n) is 10.1. The fourth-order valence-electron chi connectivity index (χ4n) is 2.39. The molecule has 3 unspecified atom stereocenters. The molecule has 0 saturated heterocycles. The summed E-state index contributed by atoms with van der Waals surface area (Å²) < 4.78 is 0. The van der Waals surface area contributed by atoms with Crippen molar-refractivity contribution >= 4 is 11.3 Å². The van der Waals surface area contributed by atoms with Crippen molar-refractivity contribution in [2.75, 3.05) is 0 Å². The third-order valence-electron chi connectivity index (χ3n) is 3.46. The van der Waals surface area contributed by atoms with Crippen LogP contribution in [0.25, 0.3) is 0 Å². The predicted octanol–water partition coefficient (Wildman–Crippen LogP) is 3.81. The molecular weight excluding hydrogens is 202 g/mol. The molecule has 0 aromatic carbocycles. The number of nitrogens with one attached hydrogen (secondary N) is 1. The van der Waals surface area contributed by atoms with Crippen molar-refractivity contribution in [1.82, 2.24) is 5.32 Å². The molecular formula is C13H21NS. The fraction of sp³-hybridized carbons (Fsp3) is 0.692. The van der Waals surface area contributed by atoms with E-state index in [9.17, 15) is 0 Å². The molecule has 0 spiro atoms. The van der Waals surface area contributed by atoms with E-state index in [1.165, 1.54) is 28.2 Å². The Morgan fingerprint density at radius 1 is 1.53 bits per heavy atom. The maximum Gasteiger partial charge on any atom is 0.0305 e. The van der Waals surface area contributed by atoms with Crippen LogP contribution in [0.15, 0.2) is 6.07 Å². The maximum atomic E-state index is 3.73. The van der Waals surface area contributed by atoms with Gasteiger partial charge < -0.3 is 5.32 Å². The van der Waals surface area contributed by atoms with Crippen LogP contribution in [-0.2, 0) is 0 Å². The molecule has 1 N–H and O–H groups in total. The molecule has 15 heavy (non-hydrogen) atoms. The lowest BCUT2D eigenvalue weighted by molar-refractivity contribution is 0.539. The average Bonchev–Trinajstić information content (AvgIpc) is 2.83. The topological polar surface area (TPSA) is 12.0 Å². The van der Waals surface area contributed by atoms with Crippen LogP contribution in [0.4, 0.5) is 0 Å². The van der Waals surface area contributed by atoms with Crippen LogP contribution in [0.1, 0.15) is 48.0 Å². The quantitative estimate of drug-likeness (QED) is 0.818. The molecule has 1 fully saturated rings. The van der Waals surface area contributed by atoms with E-state index in [0.29, 0.717) is 6.04 Å². The standard InChI is InChI=1S/C13H21NS/c1-5-11-7-13(11)14-9(3)12-6-8(2)15-10(12)4/h6,9,11,13-14H,5,7H2,1-4H3. The van der Waals surface area contributed by atoms with Crippen molar-refractivity contribution < 1.29 is 0 Å². The highest BCUT2D eigenvalue weighted by Crippen LogP contribution is 2.36. The van der Waals surface area contributed by atoms with Crippen molar-refractivity contribution in [2.45, 2.75) is 52.6 Å². The first-order valence-electron chi connectivity index (χ1n) is 5.94. The van der Waals surface area contributed by atoms with Gasteiger partial charge in [-0.3, -0.25) is 0 Å². The summed E-state index contributed by atoms with van der Waals surface area (Å²) in [6.45, 7) is 9.01. The summed E-state index contributed by atoms with van der Waals surface area (Å²) in [4.78, 5) is 2.90. The Morgan fingerprint density at radius 3 is 2.73 bits per heavy atom. The van der Waals surface area contributed by atoms with E-state index in [1.54, 1.807) is 0 Å². The van der Waals surface area contributed by atoms with Gasteiger partial charge in [-0.15, -0.1) is 11.3 Å². The molecule has 84 valence electrons. The molecule has 0 amide bonds. The third kappa shape index (κ3) is 2.43. The third-order valence-corrected chi connectivity index (χ3v) is 4.44. The largest absolute Gasteiger partial charge is 0.307 e. The Balaban J connectivity index is 1.96. The van der Waals surface area contributed by atoms with Gasteiger partial charge in [0.15, 0.2) is 0 Å². The van der Waals surface area contributed by atoms with E-state index in [2.05, 4.69) is 39.1 Å². The second-order valence-electron chi connectivity index (χ2n) is 4.77. The molecule has 3 atom stereocenters. The number of hydrogen-bond acceptors (Lipinski definition) is 2. The molecule has 0 aliphatic heterocycles. The zero-order valence-corrected chi connectivity index (χ0v) is 10.9. The second kappa shape index (κ2) is 4.26. The van der Waals surface area contributed by atoms with Gasteiger partial charge in [-0.2, -0.15) is 0 Å². The fourth-order valence-corrected chi connectivity index (χ4v) is 3.42. The van der Waals surface area contributed by atoms with Gasteiger partial charge in [-0.1, -0.05) is 13.3 Å². The van der Waals surface area contributed by atoms with Gasteiger partial charge >= 0.3 is 0 Å². The molecule has 1 nitrogen and oxygen atoms in total. The first-order valence-corrected chi connectivity index (χ1v) is 6.76. The zero-order chi connectivity index (χ0) is 11.0. The van der Waals surface area contributed by atoms with Gasteiger partial charge in [0.25, 0.3) is 0 Å². The number of aryl methyl sites for hydroxylation is 2. The highest BCUT2D eigenvalue weighted by Gasteiger charge is 2.36. The second-order valence-corrected chi connectivity index (χ2v) is 6.23. The molecule has 1 aromatic rings. The predicted molar refractivity (Wildman–Crippen MR) is 67.5 cm³/mol. The highest BCUT2D eigenvalue weighted by atomic mass is 32.1. The van der Waals surface area contributed by atoms with Crippen molar-refractivity contribution in [3.8, 4) is 0 Å². The van der Waals surface area contributed by atoms with E-state index < -0.39 is 0 Å². The van der Waals surface area contributed by atoms with Gasteiger partial charge in [0.05, 0.1) is 0 Å². The lowest BCUT2D eigenvalue weighted by Gasteiger charge is -2.13. The Morgan fingerprint density at radius 2 is 2.27 bits per heavy atom. The normalized spacial score (nSPS) is 26.7. The molecule has 2 rings (SSSR count). The Hall–Kier alpha value is -0.340. The summed E-state index contributed by atoms with van der Waals surface area (Å²) >= 11 is 1.91. The summed E-state index contributed by atoms with van der Waals surface area (Å²) in [5, 5.41) is 3.73. The van der Waals surface area contributed by atoms with Gasteiger partial charge in [-0.05, 0) is 44.7 Å². The SMILES string of the molecule is CCC1CC1NC(C)c1cc(C)sc1C. The van der Waals surface area contributed by atoms with Crippen LogP contribution in [0.3, 0.4) is 0 Å². The van der Waals surface area contributed by atoms with Crippen LogP contribution in [0.2, 0.25) is 0 Å². The maximum absolute atomic E-state index is 3.73.